The molecule has 1 heterocycles. The molecular weight excluding hydrogens is 267 g/mol. The minimum atomic E-state index is -0.184. The Kier molecular flexibility index (Phi) is 6.61. The standard InChI is InChI=1S/C17H27FN2O/c1-19-17(15-4-6-16(18)7-5-15)8-11-20-10-2-3-14(13-20)9-12-21/h4-7,14,17,19,21H,2-3,8-13H2,1H3. The van der Waals surface area contributed by atoms with E-state index in [2.05, 4.69) is 10.2 Å². The second-order valence-corrected chi connectivity index (χ2v) is 6.00. The molecule has 4 heteroatoms. The number of halogens is 1. The molecule has 0 aromatic heterocycles. The molecule has 1 saturated heterocycles. The first kappa shape index (κ1) is 16.4. The van der Waals surface area contributed by atoms with Gasteiger partial charge in [-0.1, -0.05) is 12.1 Å². The quantitative estimate of drug-likeness (QED) is 0.811. The van der Waals surface area contributed by atoms with Crippen LogP contribution in [0.25, 0.3) is 0 Å². The maximum Gasteiger partial charge on any atom is 0.123 e. The maximum absolute atomic E-state index is 13.0. The second kappa shape index (κ2) is 8.47. The van der Waals surface area contributed by atoms with Crippen molar-refractivity contribution >= 4 is 0 Å². The van der Waals surface area contributed by atoms with Gasteiger partial charge in [-0.15, -0.1) is 0 Å². The number of benzene rings is 1. The topological polar surface area (TPSA) is 35.5 Å². The Morgan fingerprint density at radius 3 is 2.81 bits per heavy atom. The number of aliphatic hydroxyl groups is 1. The lowest BCUT2D eigenvalue weighted by molar-refractivity contribution is 0.143. The molecule has 21 heavy (non-hydrogen) atoms. The van der Waals surface area contributed by atoms with E-state index in [9.17, 15) is 4.39 Å². The fraction of sp³-hybridized carbons (Fsp3) is 0.647. The molecule has 0 aliphatic carbocycles. The van der Waals surface area contributed by atoms with Crippen molar-refractivity contribution in [3.8, 4) is 0 Å². The molecule has 1 fully saturated rings. The van der Waals surface area contributed by atoms with E-state index in [1.54, 1.807) is 0 Å². The fourth-order valence-corrected chi connectivity index (χ4v) is 3.26. The maximum atomic E-state index is 13.0. The summed E-state index contributed by atoms with van der Waals surface area (Å²) < 4.78 is 13.0. The van der Waals surface area contributed by atoms with E-state index in [4.69, 9.17) is 5.11 Å². The predicted molar refractivity (Wildman–Crippen MR) is 83.7 cm³/mol. The molecular formula is C17H27FN2O. The highest BCUT2D eigenvalue weighted by molar-refractivity contribution is 5.19. The monoisotopic (exact) mass is 294 g/mol. The van der Waals surface area contributed by atoms with Gasteiger partial charge in [0.05, 0.1) is 0 Å². The summed E-state index contributed by atoms with van der Waals surface area (Å²) in [5.74, 6) is 0.457. The molecule has 2 N–H and O–H groups in total. The summed E-state index contributed by atoms with van der Waals surface area (Å²) in [6.45, 7) is 3.60. The van der Waals surface area contributed by atoms with Crippen LogP contribution in [0.15, 0.2) is 24.3 Å². The molecule has 118 valence electrons. The van der Waals surface area contributed by atoms with Gasteiger partial charge in [0, 0.05) is 19.2 Å². The van der Waals surface area contributed by atoms with Crippen molar-refractivity contribution in [2.45, 2.75) is 31.7 Å². The molecule has 0 spiro atoms. The molecule has 2 rings (SSSR count). The molecule has 1 aliphatic rings. The molecule has 0 amide bonds. The molecule has 0 saturated carbocycles. The smallest absolute Gasteiger partial charge is 0.123 e. The zero-order valence-electron chi connectivity index (χ0n) is 12.9. The van der Waals surface area contributed by atoms with E-state index in [0.29, 0.717) is 12.5 Å². The summed E-state index contributed by atoms with van der Waals surface area (Å²) in [5, 5.41) is 12.4. The van der Waals surface area contributed by atoms with Crippen molar-refractivity contribution in [1.29, 1.82) is 0 Å². The lowest BCUT2D eigenvalue weighted by Gasteiger charge is -2.33. The Balaban J connectivity index is 1.83. The Hall–Kier alpha value is -0.970. The number of nitrogens with one attached hydrogen (secondary N) is 1. The van der Waals surface area contributed by atoms with E-state index >= 15 is 0 Å². The number of likely N-dealkylation sites (tertiary alicyclic amines) is 1. The molecule has 2 unspecified atom stereocenters. The molecule has 3 nitrogen and oxygen atoms in total. The van der Waals surface area contributed by atoms with Crippen LogP contribution in [0.5, 0.6) is 0 Å². The van der Waals surface area contributed by atoms with Gasteiger partial charge >= 0.3 is 0 Å². The van der Waals surface area contributed by atoms with Gasteiger partial charge in [-0.25, -0.2) is 4.39 Å². The van der Waals surface area contributed by atoms with Crippen LogP contribution in [0.3, 0.4) is 0 Å². The second-order valence-electron chi connectivity index (χ2n) is 6.00. The highest BCUT2D eigenvalue weighted by atomic mass is 19.1. The fourth-order valence-electron chi connectivity index (χ4n) is 3.26. The third-order valence-electron chi connectivity index (χ3n) is 4.50. The number of aliphatic hydroxyl groups excluding tert-OH is 1. The average molecular weight is 294 g/mol. The van der Waals surface area contributed by atoms with Gasteiger partial charge in [-0.3, -0.25) is 0 Å². The molecule has 2 atom stereocenters. The van der Waals surface area contributed by atoms with Crippen LogP contribution in [0.1, 0.15) is 37.3 Å². The zero-order valence-corrected chi connectivity index (χ0v) is 12.9. The van der Waals surface area contributed by atoms with E-state index in [1.807, 2.05) is 19.2 Å². The Bertz CT molecular complexity index is 408. The highest BCUT2D eigenvalue weighted by Crippen LogP contribution is 2.22. The third kappa shape index (κ3) is 5.06. The summed E-state index contributed by atoms with van der Waals surface area (Å²) in [6, 6.07) is 7.04. The van der Waals surface area contributed by atoms with Crippen molar-refractivity contribution in [2.24, 2.45) is 5.92 Å². The van der Waals surface area contributed by atoms with Gasteiger partial charge in [-0.05, 0) is 69.4 Å². The molecule has 0 bridgehead atoms. The summed E-state index contributed by atoms with van der Waals surface area (Å²) >= 11 is 0. The summed E-state index contributed by atoms with van der Waals surface area (Å²) in [5.41, 5.74) is 1.14. The van der Waals surface area contributed by atoms with Gasteiger partial charge in [0.2, 0.25) is 0 Å². The predicted octanol–water partition coefficient (Wildman–Crippen LogP) is 2.57. The van der Waals surface area contributed by atoms with Crippen LogP contribution in [0.4, 0.5) is 4.39 Å². The normalized spacial score (nSPS) is 21.4. The molecule has 0 radical (unpaired) electrons. The Morgan fingerprint density at radius 2 is 2.14 bits per heavy atom. The van der Waals surface area contributed by atoms with E-state index in [1.165, 1.54) is 25.0 Å². The lowest BCUT2D eigenvalue weighted by Crippen LogP contribution is -2.37. The Labute approximate surface area is 127 Å². The van der Waals surface area contributed by atoms with Gasteiger partial charge in [0.15, 0.2) is 0 Å². The van der Waals surface area contributed by atoms with Crippen LogP contribution in [-0.4, -0.2) is 43.3 Å². The number of hydrogen-bond donors (Lipinski definition) is 2. The minimum absolute atomic E-state index is 0.184. The molecule has 1 aromatic rings. The van der Waals surface area contributed by atoms with Crippen molar-refractivity contribution in [3.63, 3.8) is 0 Å². The van der Waals surface area contributed by atoms with Crippen molar-refractivity contribution in [2.75, 3.05) is 33.3 Å². The summed E-state index contributed by atoms with van der Waals surface area (Å²) in [6.07, 6.45) is 4.41. The molecule has 1 aliphatic heterocycles. The van der Waals surface area contributed by atoms with Gasteiger partial charge in [-0.2, -0.15) is 0 Å². The van der Waals surface area contributed by atoms with Crippen LogP contribution in [0.2, 0.25) is 0 Å². The van der Waals surface area contributed by atoms with Crippen LogP contribution in [0, 0.1) is 11.7 Å². The first-order chi connectivity index (χ1) is 10.2. The van der Waals surface area contributed by atoms with Crippen LogP contribution in [-0.2, 0) is 0 Å². The van der Waals surface area contributed by atoms with Gasteiger partial charge < -0.3 is 15.3 Å². The summed E-state index contributed by atoms with van der Waals surface area (Å²) in [4.78, 5) is 2.50. The first-order valence-corrected chi connectivity index (χ1v) is 7.99. The number of nitrogens with zero attached hydrogens (tertiary/aromatic N) is 1. The largest absolute Gasteiger partial charge is 0.396 e. The van der Waals surface area contributed by atoms with Gasteiger partial charge in [0.1, 0.15) is 5.82 Å². The number of piperidine rings is 1. The Morgan fingerprint density at radius 1 is 1.38 bits per heavy atom. The van der Waals surface area contributed by atoms with Crippen molar-refractivity contribution < 1.29 is 9.50 Å². The number of hydrogen-bond acceptors (Lipinski definition) is 3. The molecule has 1 aromatic carbocycles. The van der Waals surface area contributed by atoms with E-state index < -0.39 is 0 Å². The highest BCUT2D eigenvalue weighted by Gasteiger charge is 2.20. The van der Waals surface area contributed by atoms with E-state index in [0.717, 1.165) is 38.0 Å². The average Bonchev–Trinajstić information content (AvgIpc) is 2.50. The number of rotatable bonds is 7. The first-order valence-electron chi connectivity index (χ1n) is 7.99. The third-order valence-corrected chi connectivity index (χ3v) is 4.50. The SMILES string of the molecule is CNC(CCN1CCCC(CCO)C1)c1ccc(F)cc1. The van der Waals surface area contributed by atoms with Crippen molar-refractivity contribution in [3.05, 3.63) is 35.6 Å². The van der Waals surface area contributed by atoms with Crippen LogP contribution >= 0.6 is 0 Å². The van der Waals surface area contributed by atoms with Crippen molar-refractivity contribution in [1.82, 2.24) is 10.2 Å². The van der Waals surface area contributed by atoms with E-state index in [-0.39, 0.29) is 11.9 Å². The minimum Gasteiger partial charge on any atom is -0.396 e. The van der Waals surface area contributed by atoms with Crippen LogP contribution < -0.4 is 5.32 Å². The van der Waals surface area contributed by atoms with Gasteiger partial charge in [0.25, 0.3) is 0 Å². The zero-order chi connectivity index (χ0) is 15.1. The lowest BCUT2D eigenvalue weighted by atomic mass is 9.94. The summed E-state index contributed by atoms with van der Waals surface area (Å²) in [7, 11) is 1.96.